The van der Waals surface area contributed by atoms with Gasteiger partial charge in [0.15, 0.2) is 5.76 Å². The molecular formula is C26H24N4O3S. The Kier molecular flexibility index (Phi) is 6.48. The Balaban J connectivity index is 1.76. The van der Waals surface area contributed by atoms with Crippen LogP contribution in [0.2, 0.25) is 0 Å². The zero-order valence-corrected chi connectivity index (χ0v) is 20.2. The fourth-order valence-corrected chi connectivity index (χ4v) is 4.95. The smallest absolute Gasteiger partial charge is 0.264 e. The Labute approximate surface area is 201 Å². The summed E-state index contributed by atoms with van der Waals surface area (Å²) >= 11 is 1.13. The highest BCUT2D eigenvalue weighted by atomic mass is 32.1. The molecule has 7 nitrogen and oxygen atoms in total. The molecule has 0 aliphatic carbocycles. The highest BCUT2D eigenvalue weighted by Crippen LogP contribution is 2.34. The highest BCUT2D eigenvalue weighted by Gasteiger charge is 2.25. The van der Waals surface area contributed by atoms with Gasteiger partial charge in [-0.25, -0.2) is 4.98 Å². The lowest BCUT2D eigenvalue weighted by molar-refractivity contribution is 0.0777. The zero-order chi connectivity index (χ0) is 24.4. The second kappa shape index (κ2) is 9.49. The number of carbonyl (C=O) groups is 2. The maximum absolute atomic E-state index is 13.5. The highest BCUT2D eigenvalue weighted by molar-refractivity contribution is 7.18. The number of fused-ring (bicyclic) bond motifs is 1. The standard InChI is InChI=1S/C26H24N4O3S/c1-5-30(6-2)26(32)23-16(4)19(14-27)25(34-23)29-24(31)18-13-21(22-12-11-15(3)33-22)28-20-10-8-7-9-17(18)20/h7-13H,5-6H2,1-4H3,(H,29,31). The number of anilines is 1. The summed E-state index contributed by atoms with van der Waals surface area (Å²) in [5.74, 6) is 0.778. The number of hydrogen-bond acceptors (Lipinski definition) is 6. The molecular weight excluding hydrogens is 448 g/mol. The SMILES string of the molecule is CCN(CC)C(=O)c1sc(NC(=O)c2cc(-c3ccc(C)o3)nc3ccccc23)c(C#N)c1C. The molecule has 0 fully saturated rings. The normalized spacial score (nSPS) is 10.8. The molecule has 0 aliphatic heterocycles. The second-order valence-corrected chi connectivity index (χ2v) is 8.81. The van der Waals surface area contributed by atoms with Gasteiger partial charge in [-0.15, -0.1) is 11.3 Å². The first-order chi connectivity index (χ1) is 16.4. The van der Waals surface area contributed by atoms with Gasteiger partial charge in [0.1, 0.15) is 22.5 Å². The molecule has 172 valence electrons. The number of rotatable bonds is 6. The number of nitrogens with zero attached hydrogens (tertiary/aromatic N) is 3. The van der Waals surface area contributed by atoms with Crippen molar-refractivity contribution in [1.82, 2.24) is 9.88 Å². The monoisotopic (exact) mass is 472 g/mol. The van der Waals surface area contributed by atoms with Gasteiger partial charge in [0.2, 0.25) is 0 Å². The first-order valence-electron chi connectivity index (χ1n) is 11.0. The molecule has 4 rings (SSSR count). The lowest BCUT2D eigenvalue weighted by atomic mass is 10.1. The van der Waals surface area contributed by atoms with E-state index in [9.17, 15) is 14.9 Å². The molecule has 3 heterocycles. The van der Waals surface area contributed by atoms with Crippen LogP contribution in [-0.4, -0.2) is 34.8 Å². The Bertz CT molecular complexity index is 1440. The first kappa shape index (κ1) is 23.2. The molecule has 34 heavy (non-hydrogen) atoms. The van der Waals surface area contributed by atoms with Gasteiger partial charge in [-0.3, -0.25) is 9.59 Å². The minimum absolute atomic E-state index is 0.144. The molecule has 0 aliphatic rings. The average molecular weight is 473 g/mol. The zero-order valence-electron chi connectivity index (χ0n) is 19.4. The summed E-state index contributed by atoms with van der Waals surface area (Å²) < 4.78 is 5.72. The summed E-state index contributed by atoms with van der Waals surface area (Å²) in [7, 11) is 0. The molecule has 0 saturated heterocycles. The summed E-state index contributed by atoms with van der Waals surface area (Å²) in [6, 6.07) is 14.8. The number of carbonyl (C=O) groups excluding carboxylic acids is 2. The summed E-state index contributed by atoms with van der Waals surface area (Å²) in [5.41, 5.74) is 2.47. The predicted molar refractivity (Wildman–Crippen MR) is 133 cm³/mol. The van der Waals surface area contributed by atoms with Gasteiger partial charge in [-0.1, -0.05) is 18.2 Å². The summed E-state index contributed by atoms with van der Waals surface area (Å²) in [6.07, 6.45) is 0. The molecule has 0 bridgehead atoms. The topological polar surface area (TPSA) is 99.2 Å². The fourth-order valence-electron chi connectivity index (χ4n) is 3.83. The Hall–Kier alpha value is -3.96. The summed E-state index contributed by atoms with van der Waals surface area (Å²) in [5, 5.41) is 13.7. The number of para-hydroxylation sites is 1. The minimum Gasteiger partial charge on any atom is -0.460 e. The summed E-state index contributed by atoms with van der Waals surface area (Å²) in [6.45, 7) is 8.52. The van der Waals surface area contributed by atoms with E-state index in [0.29, 0.717) is 62.0 Å². The third kappa shape index (κ3) is 4.18. The van der Waals surface area contributed by atoms with Crippen molar-refractivity contribution in [3.8, 4) is 17.5 Å². The number of furan rings is 1. The van der Waals surface area contributed by atoms with Gasteiger partial charge >= 0.3 is 0 Å². The molecule has 0 atom stereocenters. The molecule has 2 amide bonds. The summed E-state index contributed by atoms with van der Waals surface area (Å²) in [4.78, 5) is 33.2. The number of amides is 2. The molecule has 0 spiro atoms. The van der Waals surface area contributed by atoms with E-state index < -0.39 is 0 Å². The number of benzene rings is 1. The number of nitrogens with one attached hydrogen (secondary N) is 1. The van der Waals surface area contributed by atoms with Crippen LogP contribution in [0.3, 0.4) is 0 Å². The molecule has 1 N–H and O–H groups in total. The second-order valence-electron chi connectivity index (χ2n) is 7.79. The van der Waals surface area contributed by atoms with E-state index in [-0.39, 0.29) is 11.8 Å². The van der Waals surface area contributed by atoms with Crippen molar-refractivity contribution >= 4 is 39.1 Å². The Morgan fingerprint density at radius 2 is 1.88 bits per heavy atom. The van der Waals surface area contributed by atoms with E-state index in [4.69, 9.17) is 4.42 Å². The van der Waals surface area contributed by atoms with Crippen LogP contribution in [0.25, 0.3) is 22.4 Å². The van der Waals surface area contributed by atoms with E-state index >= 15 is 0 Å². The quantitative estimate of drug-likeness (QED) is 0.383. The van der Waals surface area contributed by atoms with E-state index in [1.54, 1.807) is 17.9 Å². The fraction of sp³-hybridized carbons (Fsp3) is 0.231. The van der Waals surface area contributed by atoms with E-state index in [0.717, 1.165) is 17.1 Å². The van der Waals surface area contributed by atoms with Crippen LogP contribution in [0.4, 0.5) is 5.00 Å². The molecule has 0 unspecified atom stereocenters. The number of nitriles is 1. The van der Waals surface area contributed by atoms with E-state index in [2.05, 4.69) is 16.4 Å². The Morgan fingerprint density at radius 1 is 1.15 bits per heavy atom. The minimum atomic E-state index is -0.386. The van der Waals surface area contributed by atoms with Crippen molar-refractivity contribution in [1.29, 1.82) is 5.26 Å². The van der Waals surface area contributed by atoms with Crippen molar-refractivity contribution in [2.24, 2.45) is 0 Å². The Morgan fingerprint density at radius 3 is 2.53 bits per heavy atom. The molecule has 4 aromatic rings. The van der Waals surface area contributed by atoms with Gasteiger partial charge in [-0.2, -0.15) is 5.26 Å². The largest absolute Gasteiger partial charge is 0.460 e. The van der Waals surface area contributed by atoms with Crippen molar-refractivity contribution in [3.05, 3.63) is 69.8 Å². The van der Waals surface area contributed by atoms with Gasteiger partial charge in [-0.05, 0) is 57.5 Å². The van der Waals surface area contributed by atoms with Crippen LogP contribution in [0.5, 0.6) is 0 Å². The number of aryl methyl sites for hydroxylation is 1. The van der Waals surface area contributed by atoms with Gasteiger partial charge in [0, 0.05) is 18.5 Å². The molecule has 1 aromatic carbocycles. The molecule has 0 saturated carbocycles. The molecule has 3 aromatic heterocycles. The van der Waals surface area contributed by atoms with Crippen LogP contribution >= 0.6 is 11.3 Å². The van der Waals surface area contributed by atoms with Crippen LogP contribution < -0.4 is 5.32 Å². The third-order valence-corrected chi connectivity index (χ3v) is 6.88. The lowest BCUT2D eigenvalue weighted by Gasteiger charge is -2.17. The van der Waals surface area contributed by atoms with Crippen LogP contribution in [0, 0.1) is 25.2 Å². The van der Waals surface area contributed by atoms with Crippen LogP contribution in [0.15, 0.2) is 46.9 Å². The van der Waals surface area contributed by atoms with Crippen molar-refractivity contribution in [3.63, 3.8) is 0 Å². The number of hydrogen-bond donors (Lipinski definition) is 1. The average Bonchev–Trinajstić information content (AvgIpc) is 3.41. The van der Waals surface area contributed by atoms with Crippen molar-refractivity contribution in [2.75, 3.05) is 18.4 Å². The van der Waals surface area contributed by atoms with Gasteiger partial charge in [0.05, 0.1) is 21.5 Å². The predicted octanol–water partition coefficient (Wildman–Crippen LogP) is 5.78. The van der Waals surface area contributed by atoms with E-state index in [1.807, 2.05) is 57.2 Å². The van der Waals surface area contributed by atoms with Gasteiger partial charge in [0.25, 0.3) is 11.8 Å². The first-order valence-corrected chi connectivity index (χ1v) is 11.8. The van der Waals surface area contributed by atoms with Crippen LogP contribution in [-0.2, 0) is 0 Å². The maximum atomic E-state index is 13.5. The number of pyridine rings is 1. The van der Waals surface area contributed by atoms with Crippen LogP contribution in [0.1, 0.15) is 50.8 Å². The third-order valence-electron chi connectivity index (χ3n) is 5.68. The van der Waals surface area contributed by atoms with E-state index in [1.165, 1.54) is 0 Å². The van der Waals surface area contributed by atoms with Crippen molar-refractivity contribution in [2.45, 2.75) is 27.7 Å². The number of aromatic nitrogens is 1. The molecule has 8 heteroatoms. The van der Waals surface area contributed by atoms with Crippen molar-refractivity contribution < 1.29 is 14.0 Å². The lowest BCUT2D eigenvalue weighted by Crippen LogP contribution is -2.30. The van der Waals surface area contributed by atoms with Gasteiger partial charge < -0.3 is 14.6 Å². The molecule has 0 radical (unpaired) electrons. The maximum Gasteiger partial charge on any atom is 0.264 e. The number of thiophene rings is 1.